The second-order valence-corrected chi connectivity index (χ2v) is 5.68. The van der Waals surface area contributed by atoms with Crippen LogP contribution in [0, 0.1) is 6.92 Å². The van der Waals surface area contributed by atoms with E-state index in [1.54, 1.807) is 13.0 Å². The maximum Gasteiger partial charge on any atom is 0.337 e. The quantitative estimate of drug-likeness (QED) is 0.818. The van der Waals surface area contributed by atoms with Crippen molar-refractivity contribution in [1.29, 1.82) is 0 Å². The van der Waals surface area contributed by atoms with Gasteiger partial charge in [-0.05, 0) is 35.0 Å². The van der Waals surface area contributed by atoms with Gasteiger partial charge in [0.05, 0.1) is 17.4 Å². The Morgan fingerprint density at radius 3 is 2.60 bits per heavy atom. The molecule has 0 saturated heterocycles. The third-order valence-electron chi connectivity index (χ3n) is 2.48. The average molecular weight is 404 g/mol. The van der Waals surface area contributed by atoms with E-state index in [1.807, 2.05) is 0 Å². The molecule has 0 fully saturated rings. The Morgan fingerprint density at radius 1 is 1.35 bits per heavy atom. The van der Waals surface area contributed by atoms with Crippen LogP contribution in [0.1, 0.15) is 26.5 Å². The SMILES string of the molecule is Cc1cnoc1C(=O)Nc1c(Br)cc(Br)cc1C(=O)O. The number of nitrogens with zero attached hydrogens (tertiary/aromatic N) is 1. The summed E-state index contributed by atoms with van der Waals surface area (Å²) in [4.78, 5) is 23.3. The van der Waals surface area contributed by atoms with Gasteiger partial charge in [-0.15, -0.1) is 0 Å². The van der Waals surface area contributed by atoms with Crippen LogP contribution in [-0.4, -0.2) is 22.1 Å². The first-order valence-corrected chi connectivity index (χ1v) is 6.93. The molecule has 1 aromatic heterocycles. The molecule has 0 aliphatic carbocycles. The van der Waals surface area contributed by atoms with E-state index in [0.717, 1.165) is 0 Å². The smallest absolute Gasteiger partial charge is 0.337 e. The first kappa shape index (κ1) is 14.7. The van der Waals surface area contributed by atoms with Crippen LogP contribution < -0.4 is 5.32 Å². The number of amides is 1. The molecule has 0 saturated carbocycles. The maximum absolute atomic E-state index is 12.0. The molecule has 2 aromatic rings. The van der Waals surface area contributed by atoms with Gasteiger partial charge in [0.1, 0.15) is 0 Å². The number of carboxylic acids is 1. The number of carbonyl (C=O) groups is 2. The minimum Gasteiger partial charge on any atom is -0.478 e. The zero-order valence-corrected chi connectivity index (χ0v) is 13.3. The van der Waals surface area contributed by atoms with Gasteiger partial charge >= 0.3 is 5.97 Å². The van der Waals surface area contributed by atoms with E-state index in [-0.39, 0.29) is 17.0 Å². The van der Waals surface area contributed by atoms with Crippen molar-refractivity contribution < 1.29 is 19.2 Å². The number of anilines is 1. The molecule has 1 amide bonds. The Bertz CT molecular complexity index is 697. The van der Waals surface area contributed by atoms with Gasteiger partial charge in [0, 0.05) is 14.5 Å². The molecule has 8 heteroatoms. The second kappa shape index (κ2) is 5.76. The monoisotopic (exact) mass is 402 g/mol. The number of aromatic nitrogens is 1. The highest BCUT2D eigenvalue weighted by Crippen LogP contribution is 2.31. The molecule has 0 aliphatic heterocycles. The predicted octanol–water partition coefficient (Wildman–Crippen LogP) is 3.46. The molecule has 6 nitrogen and oxygen atoms in total. The number of aromatic carboxylic acids is 1. The fourth-order valence-corrected chi connectivity index (χ4v) is 2.87. The van der Waals surface area contributed by atoms with E-state index in [2.05, 4.69) is 42.3 Å². The third kappa shape index (κ3) is 2.91. The predicted molar refractivity (Wildman–Crippen MR) is 78.0 cm³/mol. The number of rotatable bonds is 3. The Labute approximate surface area is 130 Å². The molecule has 20 heavy (non-hydrogen) atoms. The molecule has 104 valence electrons. The highest BCUT2D eigenvalue weighted by atomic mass is 79.9. The van der Waals surface area contributed by atoms with Crippen LogP contribution in [0.25, 0.3) is 0 Å². The number of hydrogen-bond acceptors (Lipinski definition) is 4. The van der Waals surface area contributed by atoms with E-state index < -0.39 is 11.9 Å². The molecule has 0 radical (unpaired) electrons. The average Bonchev–Trinajstić information content (AvgIpc) is 2.78. The topological polar surface area (TPSA) is 92.4 Å². The van der Waals surface area contributed by atoms with Gasteiger partial charge in [-0.1, -0.05) is 21.1 Å². The highest BCUT2D eigenvalue weighted by Gasteiger charge is 2.20. The Balaban J connectivity index is 2.41. The van der Waals surface area contributed by atoms with Crippen LogP contribution in [0.2, 0.25) is 0 Å². The molecule has 0 atom stereocenters. The molecular formula is C12H8Br2N2O4. The van der Waals surface area contributed by atoms with Gasteiger partial charge in [0.2, 0.25) is 5.76 Å². The van der Waals surface area contributed by atoms with E-state index in [9.17, 15) is 14.7 Å². The molecular weight excluding hydrogens is 396 g/mol. The van der Waals surface area contributed by atoms with Crippen molar-refractivity contribution in [1.82, 2.24) is 5.16 Å². The number of halogens is 2. The van der Waals surface area contributed by atoms with Gasteiger partial charge in [-0.2, -0.15) is 0 Å². The van der Waals surface area contributed by atoms with Crippen LogP contribution in [0.5, 0.6) is 0 Å². The van der Waals surface area contributed by atoms with Crippen molar-refractivity contribution >= 4 is 49.4 Å². The normalized spacial score (nSPS) is 10.3. The molecule has 1 aromatic carbocycles. The molecule has 2 N–H and O–H groups in total. The summed E-state index contributed by atoms with van der Waals surface area (Å²) in [5, 5.41) is 15.2. The van der Waals surface area contributed by atoms with Crippen LogP contribution in [0.4, 0.5) is 5.69 Å². The summed E-state index contributed by atoms with van der Waals surface area (Å²) in [6.07, 6.45) is 1.41. The van der Waals surface area contributed by atoms with Crippen molar-refractivity contribution in [3.63, 3.8) is 0 Å². The number of nitrogens with one attached hydrogen (secondary N) is 1. The lowest BCUT2D eigenvalue weighted by Gasteiger charge is -2.10. The van der Waals surface area contributed by atoms with E-state index in [4.69, 9.17) is 4.52 Å². The van der Waals surface area contributed by atoms with Crippen molar-refractivity contribution in [2.75, 3.05) is 5.32 Å². The lowest BCUT2D eigenvalue weighted by atomic mass is 10.1. The van der Waals surface area contributed by atoms with Gasteiger partial charge in [-0.25, -0.2) is 4.79 Å². The van der Waals surface area contributed by atoms with E-state index in [0.29, 0.717) is 14.5 Å². The zero-order valence-electron chi connectivity index (χ0n) is 10.1. The van der Waals surface area contributed by atoms with Gasteiger partial charge < -0.3 is 14.9 Å². The van der Waals surface area contributed by atoms with Crippen molar-refractivity contribution in [3.8, 4) is 0 Å². The van der Waals surface area contributed by atoms with Crippen molar-refractivity contribution in [2.24, 2.45) is 0 Å². The Morgan fingerprint density at radius 2 is 2.05 bits per heavy atom. The van der Waals surface area contributed by atoms with Crippen molar-refractivity contribution in [3.05, 3.63) is 44.2 Å². The van der Waals surface area contributed by atoms with Crippen molar-refractivity contribution in [2.45, 2.75) is 6.92 Å². The summed E-state index contributed by atoms with van der Waals surface area (Å²) < 4.78 is 5.85. The van der Waals surface area contributed by atoms with E-state index in [1.165, 1.54) is 12.3 Å². The van der Waals surface area contributed by atoms with Crippen LogP contribution in [-0.2, 0) is 0 Å². The number of benzene rings is 1. The second-order valence-electron chi connectivity index (χ2n) is 3.91. The number of carbonyl (C=O) groups excluding carboxylic acids is 1. The number of hydrogen-bond donors (Lipinski definition) is 2. The zero-order chi connectivity index (χ0) is 14.9. The summed E-state index contributed by atoms with van der Waals surface area (Å²) in [7, 11) is 0. The largest absolute Gasteiger partial charge is 0.478 e. The fraction of sp³-hybridized carbons (Fsp3) is 0.0833. The third-order valence-corrected chi connectivity index (χ3v) is 3.56. The first-order valence-electron chi connectivity index (χ1n) is 5.35. The van der Waals surface area contributed by atoms with Gasteiger partial charge in [0.15, 0.2) is 0 Å². The maximum atomic E-state index is 12.0. The number of aryl methyl sites for hydroxylation is 1. The molecule has 1 heterocycles. The molecule has 0 bridgehead atoms. The number of carboxylic acid groups (broad SMARTS) is 1. The lowest BCUT2D eigenvalue weighted by molar-refractivity contribution is 0.0698. The Hall–Kier alpha value is -1.67. The summed E-state index contributed by atoms with van der Waals surface area (Å²) in [6.45, 7) is 1.67. The van der Waals surface area contributed by atoms with Crippen LogP contribution in [0.3, 0.4) is 0 Å². The van der Waals surface area contributed by atoms with E-state index >= 15 is 0 Å². The summed E-state index contributed by atoms with van der Waals surface area (Å²) in [5.41, 5.74) is 0.672. The molecule has 0 unspecified atom stereocenters. The molecule has 2 rings (SSSR count). The summed E-state index contributed by atoms with van der Waals surface area (Å²) in [6, 6.07) is 3.03. The minimum absolute atomic E-state index is 0.0381. The Kier molecular flexibility index (Phi) is 4.24. The van der Waals surface area contributed by atoms with Crippen LogP contribution in [0.15, 0.2) is 31.8 Å². The summed E-state index contributed by atoms with van der Waals surface area (Å²) in [5.74, 6) is -1.68. The van der Waals surface area contributed by atoms with Gasteiger partial charge in [0.25, 0.3) is 5.91 Å². The first-order chi connectivity index (χ1) is 9.40. The van der Waals surface area contributed by atoms with Gasteiger partial charge in [-0.3, -0.25) is 4.79 Å². The summed E-state index contributed by atoms with van der Waals surface area (Å²) >= 11 is 6.42. The highest BCUT2D eigenvalue weighted by molar-refractivity contribution is 9.11. The minimum atomic E-state index is -1.16. The van der Waals surface area contributed by atoms with Crippen LogP contribution >= 0.6 is 31.9 Å². The molecule has 0 aliphatic rings. The standard InChI is InChI=1S/C12H8Br2N2O4/c1-5-4-15-20-10(5)11(17)16-9-7(12(18)19)2-6(13)3-8(9)14/h2-4H,1H3,(H,16,17)(H,18,19). The lowest BCUT2D eigenvalue weighted by Crippen LogP contribution is -2.15. The fourth-order valence-electron chi connectivity index (χ4n) is 1.55. The molecule has 0 spiro atoms.